The van der Waals surface area contributed by atoms with E-state index in [0.29, 0.717) is 25.0 Å². The van der Waals surface area contributed by atoms with E-state index in [-0.39, 0.29) is 35.7 Å². The molecule has 0 heterocycles. The first-order chi connectivity index (χ1) is 12.7. The van der Waals surface area contributed by atoms with Crippen LogP contribution in [-0.2, 0) is 9.59 Å². The van der Waals surface area contributed by atoms with Crippen LogP contribution >= 0.6 is 11.8 Å². The van der Waals surface area contributed by atoms with Gasteiger partial charge in [0, 0.05) is 29.8 Å². The summed E-state index contributed by atoms with van der Waals surface area (Å²) in [6.45, 7) is 6.04. The standard InChI is InChI=1S/C21H36O5S/c1-4-5-10-15(2)21(3,26)14-27-20-16(17(22)13-18(20)23)11-8-6-7-9-12-19(24)25/h6,8,15-16,18,20,23,26H,4-5,7,9-14H2,1-3H3,(H,24,25)/t15?,16-,18?,20+,21?/m0/s1. The maximum atomic E-state index is 12.3. The summed E-state index contributed by atoms with van der Waals surface area (Å²) >= 11 is 1.51. The Bertz CT molecular complexity index is 503. The predicted octanol–water partition coefficient (Wildman–Crippen LogP) is 3.82. The summed E-state index contributed by atoms with van der Waals surface area (Å²) in [7, 11) is 0. The Hall–Kier alpha value is -0.850. The minimum Gasteiger partial charge on any atom is -0.481 e. The quantitative estimate of drug-likeness (QED) is 0.321. The van der Waals surface area contributed by atoms with Crippen molar-refractivity contribution in [2.45, 2.75) is 89.1 Å². The lowest BCUT2D eigenvalue weighted by atomic mass is 9.88. The number of carbonyl (C=O) groups is 2. The highest BCUT2D eigenvalue weighted by Gasteiger charge is 2.42. The molecule has 0 amide bonds. The van der Waals surface area contributed by atoms with Crippen molar-refractivity contribution >= 4 is 23.5 Å². The monoisotopic (exact) mass is 400 g/mol. The molecular formula is C21H36O5S. The molecule has 6 heteroatoms. The van der Waals surface area contributed by atoms with Crippen LogP contribution in [0.2, 0.25) is 0 Å². The van der Waals surface area contributed by atoms with Gasteiger partial charge in [0.2, 0.25) is 0 Å². The van der Waals surface area contributed by atoms with Gasteiger partial charge in [0.05, 0.1) is 11.7 Å². The maximum absolute atomic E-state index is 12.3. The van der Waals surface area contributed by atoms with E-state index in [0.717, 1.165) is 19.3 Å². The smallest absolute Gasteiger partial charge is 0.303 e. The lowest BCUT2D eigenvalue weighted by Crippen LogP contribution is -2.37. The van der Waals surface area contributed by atoms with Crippen molar-refractivity contribution in [1.82, 2.24) is 0 Å². The van der Waals surface area contributed by atoms with Crippen molar-refractivity contribution in [2.24, 2.45) is 11.8 Å². The SMILES string of the molecule is CCCCC(C)C(C)(O)CS[C@H]1C(O)CC(=O)[C@@H]1CC=CCCCC(=O)O. The van der Waals surface area contributed by atoms with Crippen molar-refractivity contribution in [3.05, 3.63) is 12.2 Å². The van der Waals surface area contributed by atoms with Gasteiger partial charge in [-0.15, -0.1) is 0 Å². The molecule has 1 rings (SSSR count). The van der Waals surface area contributed by atoms with E-state index in [1.165, 1.54) is 11.8 Å². The van der Waals surface area contributed by atoms with Gasteiger partial charge in [-0.1, -0.05) is 38.8 Å². The second kappa shape index (κ2) is 11.9. The van der Waals surface area contributed by atoms with Crippen LogP contribution < -0.4 is 0 Å². The maximum Gasteiger partial charge on any atom is 0.303 e. The zero-order valence-corrected chi connectivity index (χ0v) is 17.7. The Labute approximate surface area is 167 Å². The molecule has 1 aliphatic rings. The number of aliphatic hydroxyl groups is 2. The predicted molar refractivity (Wildman–Crippen MR) is 110 cm³/mol. The van der Waals surface area contributed by atoms with Crippen LogP contribution in [0.4, 0.5) is 0 Å². The van der Waals surface area contributed by atoms with E-state index in [9.17, 15) is 19.8 Å². The van der Waals surface area contributed by atoms with Crippen LogP contribution in [0.25, 0.3) is 0 Å². The van der Waals surface area contributed by atoms with Crippen LogP contribution in [0.3, 0.4) is 0 Å². The van der Waals surface area contributed by atoms with Gasteiger partial charge >= 0.3 is 5.97 Å². The molecule has 0 aliphatic heterocycles. The molecular weight excluding hydrogens is 364 g/mol. The molecule has 0 saturated heterocycles. The third-order valence-electron chi connectivity index (χ3n) is 5.54. The molecule has 0 aromatic rings. The van der Waals surface area contributed by atoms with Crippen LogP contribution in [0.5, 0.6) is 0 Å². The number of Topliss-reactive ketones (excluding diaryl/α,β-unsaturated/α-hetero) is 1. The van der Waals surface area contributed by atoms with Crippen molar-refractivity contribution < 1.29 is 24.9 Å². The van der Waals surface area contributed by atoms with Gasteiger partial charge in [0.25, 0.3) is 0 Å². The molecule has 0 bridgehead atoms. The fraction of sp³-hybridized carbons (Fsp3) is 0.810. The number of thioether (sulfide) groups is 1. The molecule has 1 aliphatic carbocycles. The Kier molecular flexibility index (Phi) is 10.6. The molecule has 1 fully saturated rings. The normalized spacial score (nSPS) is 26.4. The molecule has 1 saturated carbocycles. The van der Waals surface area contributed by atoms with E-state index < -0.39 is 17.7 Å². The van der Waals surface area contributed by atoms with Gasteiger partial charge < -0.3 is 15.3 Å². The zero-order chi connectivity index (χ0) is 20.4. The number of carbonyl (C=O) groups excluding carboxylic acids is 1. The van der Waals surface area contributed by atoms with Crippen LogP contribution in [0.1, 0.15) is 72.1 Å². The summed E-state index contributed by atoms with van der Waals surface area (Å²) in [5.74, 6) is -0.275. The number of unbranched alkanes of at least 4 members (excludes halogenated alkanes) is 2. The highest BCUT2D eigenvalue weighted by Crippen LogP contribution is 2.38. The van der Waals surface area contributed by atoms with Gasteiger partial charge in [-0.3, -0.25) is 9.59 Å². The molecule has 5 nitrogen and oxygen atoms in total. The summed E-state index contributed by atoms with van der Waals surface area (Å²) in [5, 5.41) is 29.5. The van der Waals surface area contributed by atoms with Crippen molar-refractivity contribution in [3.8, 4) is 0 Å². The van der Waals surface area contributed by atoms with Gasteiger partial charge in [-0.25, -0.2) is 0 Å². The third-order valence-corrected chi connectivity index (χ3v) is 7.32. The van der Waals surface area contributed by atoms with Crippen LogP contribution in [0.15, 0.2) is 12.2 Å². The topological polar surface area (TPSA) is 94.8 Å². The van der Waals surface area contributed by atoms with Crippen molar-refractivity contribution in [1.29, 1.82) is 0 Å². The summed E-state index contributed by atoms with van der Waals surface area (Å²) in [4.78, 5) is 22.8. The number of allylic oxidation sites excluding steroid dienone is 2. The summed E-state index contributed by atoms with van der Waals surface area (Å²) in [5.41, 5.74) is -0.817. The van der Waals surface area contributed by atoms with Crippen molar-refractivity contribution in [2.75, 3.05) is 5.75 Å². The molecule has 3 unspecified atom stereocenters. The van der Waals surface area contributed by atoms with E-state index in [2.05, 4.69) is 13.8 Å². The lowest BCUT2D eigenvalue weighted by Gasteiger charge is -2.32. The minimum absolute atomic E-state index is 0.0776. The van der Waals surface area contributed by atoms with Crippen LogP contribution in [-0.4, -0.2) is 49.8 Å². The number of carboxylic acid groups (broad SMARTS) is 1. The third kappa shape index (κ3) is 8.36. The molecule has 0 spiro atoms. The first kappa shape index (κ1) is 24.2. The first-order valence-corrected chi connectivity index (χ1v) is 11.2. The average Bonchev–Trinajstić information content (AvgIpc) is 2.86. The van der Waals surface area contributed by atoms with Gasteiger partial charge in [0.1, 0.15) is 5.78 Å². The number of carboxylic acids is 1. The molecule has 3 N–H and O–H groups in total. The fourth-order valence-electron chi connectivity index (χ4n) is 3.38. The van der Waals surface area contributed by atoms with E-state index >= 15 is 0 Å². The Morgan fingerprint density at radius 3 is 2.70 bits per heavy atom. The van der Waals surface area contributed by atoms with E-state index in [4.69, 9.17) is 5.11 Å². The lowest BCUT2D eigenvalue weighted by molar-refractivity contribution is -0.137. The number of rotatable bonds is 13. The van der Waals surface area contributed by atoms with Crippen molar-refractivity contribution in [3.63, 3.8) is 0 Å². The fourth-order valence-corrected chi connectivity index (χ4v) is 5.01. The van der Waals surface area contributed by atoms with Gasteiger partial charge in [-0.05, 0) is 38.5 Å². The second-order valence-corrected chi connectivity index (χ2v) is 9.18. The zero-order valence-electron chi connectivity index (χ0n) is 16.9. The first-order valence-electron chi connectivity index (χ1n) is 10.1. The number of hydrogen-bond donors (Lipinski definition) is 3. The number of hydrogen-bond acceptors (Lipinski definition) is 5. The number of aliphatic carboxylic acids is 1. The Morgan fingerprint density at radius 1 is 1.37 bits per heavy atom. The molecule has 0 radical (unpaired) electrons. The van der Waals surface area contributed by atoms with Gasteiger partial charge in [0.15, 0.2) is 0 Å². The van der Waals surface area contributed by atoms with E-state index in [1.54, 1.807) is 0 Å². The summed E-state index contributed by atoms with van der Waals surface area (Å²) in [6.07, 6.45) is 8.51. The molecule has 27 heavy (non-hydrogen) atoms. The second-order valence-electron chi connectivity index (χ2n) is 8.01. The number of ketones is 1. The minimum atomic E-state index is -0.817. The molecule has 5 atom stereocenters. The summed E-state index contributed by atoms with van der Waals surface area (Å²) < 4.78 is 0. The molecule has 0 aromatic heterocycles. The highest BCUT2D eigenvalue weighted by molar-refractivity contribution is 8.00. The Morgan fingerprint density at radius 2 is 2.07 bits per heavy atom. The van der Waals surface area contributed by atoms with Gasteiger partial charge in [-0.2, -0.15) is 11.8 Å². The molecule has 0 aromatic carbocycles. The Balaban J connectivity index is 2.54. The van der Waals surface area contributed by atoms with E-state index in [1.807, 2.05) is 19.1 Å². The van der Waals surface area contributed by atoms with Crippen LogP contribution in [0, 0.1) is 11.8 Å². The largest absolute Gasteiger partial charge is 0.481 e. The number of aliphatic hydroxyl groups excluding tert-OH is 1. The highest BCUT2D eigenvalue weighted by atomic mass is 32.2. The molecule has 156 valence electrons. The average molecular weight is 401 g/mol. The summed E-state index contributed by atoms with van der Waals surface area (Å²) in [6, 6.07) is 0.